The molecule has 4 heteroatoms. The molecule has 0 saturated heterocycles. The average Bonchev–Trinajstić information content (AvgIpc) is 2.66. The third-order valence-corrected chi connectivity index (χ3v) is 4.46. The van der Waals surface area contributed by atoms with Gasteiger partial charge < -0.3 is 10.3 Å². The minimum absolute atomic E-state index is 0.607. The number of anilines is 1. The SMILES string of the molecule is CC1CCCC(Cn2c(N)nc3ccc(Cl)cc32)C1. The van der Waals surface area contributed by atoms with Crippen molar-refractivity contribution in [3.63, 3.8) is 0 Å². The van der Waals surface area contributed by atoms with Gasteiger partial charge >= 0.3 is 0 Å². The minimum atomic E-state index is 0.607. The van der Waals surface area contributed by atoms with E-state index < -0.39 is 0 Å². The van der Waals surface area contributed by atoms with Crippen LogP contribution in [0.2, 0.25) is 5.02 Å². The second kappa shape index (κ2) is 5.04. The number of nitrogens with zero attached hydrogens (tertiary/aromatic N) is 2. The van der Waals surface area contributed by atoms with Gasteiger partial charge in [-0.2, -0.15) is 0 Å². The third-order valence-electron chi connectivity index (χ3n) is 4.23. The van der Waals surface area contributed by atoms with Crippen molar-refractivity contribution in [3.05, 3.63) is 23.2 Å². The lowest BCUT2D eigenvalue weighted by atomic mass is 9.82. The van der Waals surface area contributed by atoms with Crippen LogP contribution in [0.4, 0.5) is 5.95 Å². The molecule has 0 amide bonds. The summed E-state index contributed by atoms with van der Waals surface area (Å²) < 4.78 is 2.13. The van der Waals surface area contributed by atoms with E-state index in [2.05, 4.69) is 16.5 Å². The van der Waals surface area contributed by atoms with Crippen molar-refractivity contribution < 1.29 is 0 Å². The van der Waals surface area contributed by atoms with Crippen molar-refractivity contribution in [3.8, 4) is 0 Å². The first-order valence-electron chi connectivity index (χ1n) is 7.04. The zero-order valence-corrected chi connectivity index (χ0v) is 12.0. The van der Waals surface area contributed by atoms with E-state index in [0.29, 0.717) is 11.9 Å². The van der Waals surface area contributed by atoms with Gasteiger partial charge in [-0.1, -0.05) is 31.4 Å². The van der Waals surface area contributed by atoms with Gasteiger partial charge in [-0.15, -0.1) is 0 Å². The molecule has 1 aliphatic rings. The molecule has 2 unspecified atom stereocenters. The summed E-state index contributed by atoms with van der Waals surface area (Å²) in [7, 11) is 0. The van der Waals surface area contributed by atoms with E-state index >= 15 is 0 Å². The fourth-order valence-electron chi connectivity index (χ4n) is 3.29. The predicted molar refractivity (Wildman–Crippen MR) is 80.3 cm³/mol. The number of fused-ring (bicyclic) bond motifs is 1. The van der Waals surface area contributed by atoms with Crippen LogP contribution in [0.15, 0.2) is 18.2 Å². The molecule has 0 radical (unpaired) electrons. The maximum atomic E-state index is 6.08. The Morgan fingerprint density at radius 2 is 2.26 bits per heavy atom. The van der Waals surface area contributed by atoms with Gasteiger partial charge in [0, 0.05) is 11.6 Å². The topological polar surface area (TPSA) is 43.8 Å². The van der Waals surface area contributed by atoms with Crippen molar-refractivity contribution in [1.82, 2.24) is 9.55 Å². The van der Waals surface area contributed by atoms with Crippen LogP contribution in [-0.2, 0) is 6.54 Å². The molecule has 1 aromatic carbocycles. The van der Waals surface area contributed by atoms with Crippen LogP contribution in [0.1, 0.15) is 32.6 Å². The zero-order valence-electron chi connectivity index (χ0n) is 11.3. The highest BCUT2D eigenvalue weighted by Gasteiger charge is 2.21. The molecule has 3 rings (SSSR count). The Balaban J connectivity index is 1.91. The molecule has 1 fully saturated rings. The van der Waals surface area contributed by atoms with Gasteiger partial charge in [0.25, 0.3) is 0 Å². The summed E-state index contributed by atoms with van der Waals surface area (Å²) in [6.45, 7) is 3.31. The number of aromatic nitrogens is 2. The maximum absolute atomic E-state index is 6.08. The van der Waals surface area contributed by atoms with Crippen LogP contribution < -0.4 is 5.73 Å². The molecule has 2 atom stereocenters. The highest BCUT2D eigenvalue weighted by molar-refractivity contribution is 6.31. The van der Waals surface area contributed by atoms with E-state index in [9.17, 15) is 0 Å². The van der Waals surface area contributed by atoms with Crippen molar-refractivity contribution in [1.29, 1.82) is 0 Å². The number of nitrogen functional groups attached to an aromatic ring is 1. The van der Waals surface area contributed by atoms with E-state index in [1.54, 1.807) is 0 Å². The third kappa shape index (κ3) is 2.57. The molecule has 1 heterocycles. The second-order valence-electron chi connectivity index (χ2n) is 5.85. The molecular weight excluding hydrogens is 258 g/mol. The van der Waals surface area contributed by atoms with E-state index in [1.165, 1.54) is 25.7 Å². The van der Waals surface area contributed by atoms with Crippen LogP contribution in [0.5, 0.6) is 0 Å². The quantitative estimate of drug-likeness (QED) is 0.898. The Bertz CT molecular complexity index is 590. The standard InChI is InChI=1S/C15H20ClN3/c1-10-3-2-4-11(7-10)9-19-14-8-12(16)5-6-13(14)18-15(19)17/h5-6,8,10-11H,2-4,7,9H2,1H3,(H2,17,18). The molecule has 0 aliphatic heterocycles. The van der Waals surface area contributed by atoms with Gasteiger partial charge in [0.2, 0.25) is 5.95 Å². The van der Waals surface area contributed by atoms with Crippen LogP contribution in [0.3, 0.4) is 0 Å². The van der Waals surface area contributed by atoms with Gasteiger partial charge in [-0.05, 0) is 42.9 Å². The summed E-state index contributed by atoms with van der Waals surface area (Å²) >= 11 is 6.08. The average molecular weight is 278 g/mol. The molecule has 3 nitrogen and oxygen atoms in total. The highest BCUT2D eigenvalue weighted by atomic mass is 35.5. The van der Waals surface area contributed by atoms with Crippen LogP contribution >= 0.6 is 11.6 Å². The summed E-state index contributed by atoms with van der Waals surface area (Å²) in [6.07, 6.45) is 5.28. The van der Waals surface area contributed by atoms with Crippen molar-refractivity contribution in [2.24, 2.45) is 11.8 Å². The fourth-order valence-corrected chi connectivity index (χ4v) is 3.46. The van der Waals surface area contributed by atoms with Crippen molar-refractivity contribution >= 4 is 28.6 Å². The number of halogens is 1. The van der Waals surface area contributed by atoms with E-state index in [0.717, 1.165) is 28.5 Å². The Morgan fingerprint density at radius 3 is 3.05 bits per heavy atom. The van der Waals surface area contributed by atoms with Gasteiger partial charge in [-0.3, -0.25) is 0 Å². The molecule has 2 aromatic rings. The highest BCUT2D eigenvalue weighted by Crippen LogP contribution is 2.31. The summed E-state index contributed by atoms with van der Waals surface area (Å²) in [4.78, 5) is 4.42. The number of benzene rings is 1. The monoisotopic (exact) mass is 277 g/mol. The Labute approximate surface area is 118 Å². The van der Waals surface area contributed by atoms with Crippen molar-refractivity contribution in [2.45, 2.75) is 39.2 Å². The van der Waals surface area contributed by atoms with Crippen LogP contribution in [-0.4, -0.2) is 9.55 Å². The summed E-state index contributed by atoms with van der Waals surface area (Å²) in [6, 6.07) is 5.77. The largest absolute Gasteiger partial charge is 0.369 e. The lowest BCUT2D eigenvalue weighted by Gasteiger charge is -2.27. The minimum Gasteiger partial charge on any atom is -0.369 e. The summed E-state index contributed by atoms with van der Waals surface area (Å²) in [5.41, 5.74) is 8.06. The van der Waals surface area contributed by atoms with Gasteiger partial charge in [0.05, 0.1) is 11.0 Å². The summed E-state index contributed by atoms with van der Waals surface area (Å²) in [5, 5.41) is 0.741. The lowest BCUT2D eigenvalue weighted by molar-refractivity contribution is 0.259. The molecular formula is C15H20ClN3. The molecule has 1 saturated carbocycles. The lowest BCUT2D eigenvalue weighted by Crippen LogP contribution is -2.19. The van der Waals surface area contributed by atoms with Crippen molar-refractivity contribution in [2.75, 3.05) is 5.73 Å². The first kappa shape index (κ1) is 12.8. The molecule has 19 heavy (non-hydrogen) atoms. The van der Waals surface area contributed by atoms with Crippen LogP contribution in [0.25, 0.3) is 11.0 Å². The zero-order chi connectivity index (χ0) is 13.4. The predicted octanol–water partition coefficient (Wildman–Crippen LogP) is 4.10. The molecule has 1 aliphatic carbocycles. The Kier molecular flexibility index (Phi) is 3.40. The fraction of sp³-hybridized carbons (Fsp3) is 0.533. The molecule has 0 spiro atoms. The number of rotatable bonds is 2. The molecule has 1 aromatic heterocycles. The van der Waals surface area contributed by atoms with E-state index in [4.69, 9.17) is 17.3 Å². The number of imidazole rings is 1. The molecule has 0 bridgehead atoms. The second-order valence-corrected chi connectivity index (χ2v) is 6.29. The molecule has 102 valence electrons. The Morgan fingerprint density at radius 1 is 1.42 bits per heavy atom. The Hall–Kier alpha value is -1.22. The van der Waals surface area contributed by atoms with Gasteiger partial charge in [0.1, 0.15) is 0 Å². The smallest absolute Gasteiger partial charge is 0.201 e. The van der Waals surface area contributed by atoms with Gasteiger partial charge in [0.15, 0.2) is 0 Å². The molecule has 2 N–H and O–H groups in total. The van der Waals surface area contributed by atoms with Gasteiger partial charge in [-0.25, -0.2) is 4.98 Å². The first-order chi connectivity index (χ1) is 9.13. The van der Waals surface area contributed by atoms with Crippen LogP contribution in [0, 0.1) is 11.8 Å². The summed E-state index contributed by atoms with van der Waals surface area (Å²) in [5.74, 6) is 2.15. The number of nitrogens with two attached hydrogens (primary N) is 1. The van der Waals surface area contributed by atoms with E-state index in [-0.39, 0.29) is 0 Å². The van der Waals surface area contributed by atoms with E-state index in [1.807, 2.05) is 18.2 Å². The number of hydrogen-bond acceptors (Lipinski definition) is 2. The number of hydrogen-bond donors (Lipinski definition) is 1. The first-order valence-corrected chi connectivity index (χ1v) is 7.42. The maximum Gasteiger partial charge on any atom is 0.201 e. The normalized spacial score (nSPS) is 23.9.